The molecule has 1 aromatic rings. The third kappa shape index (κ3) is 2.99. The molecular weight excluding hydrogens is 190 g/mol. The van der Waals surface area contributed by atoms with Gasteiger partial charge in [-0.15, -0.1) is 5.10 Å². The van der Waals surface area contributed by atoms with Crippen LogP contribution in [0.5, 0.6) is 0 Å². The van der Waals surface area contributed by atoms with Gasteiger partial charge in [0.1, 0.15) is 0 Å². The molecule has 1 aromatic heterocycles. The van der Waals surface area contributed by atoms with Crippen molar-refractivity contribution in [2.45, 2.75) is 47.2 Å². The lowest BCUT2D eigenvalue weighted by molar-refractivity contribution is 0.221. The Kier molecular flexibility index (Phi) is 3.44. The summed E-state index contributed by atoms with van der Waals surface area (Å²) in [5.41, 5.74) is 6.03. The number of rotatable bonds is 3. The van der Waals surface area contributed by atoms with E-state index in [4.69, 9.17) is 5.73 Å². The van der Waals surface area contributed by atoms with E-state index in [2.05, 4.69) is 43.2 Å². The van der Waals surface area contributed by atoms with Gasteiger partial charge in [0, 0.05) is 6.54 Å². The third-order valence-corrected chi connectivity index (χ3v) is 2.89. The molecular formula is C10H21N5. The molecule has 0 aliphatic carbocycles. The van der Waals surface area contributed by atoms with Gasteiger partial charge in [0.15, 0.2) is 5.82 Å². The lowest BCUT2D eigenvalue weighted by Gasteiger charge is -2.27. The van der Waals surface area contributed by atoms with E-state index in [9.17, 15) is 0 Å². The van der Waals surface area contributed by atoms with Gasteiger partial charge >= 0.3 is 0 Å². The first kappa shape index (κ1) is 12.1. The van der Waals surface area contributed by atoms with Crippen LogP contribution in [0.2, 0.25) is 0 Å². The van der Waals surface area contributed by atoms with Gasteiger partial charge in [0.2, 0.25) is 0 Å². The molecule has 0 radical (unpaired) electrons. The summed E-state index contributed by atoms with van der Waals surface area (Å²) >= 11 is 0. The summed E-state index contributed by atoms with van der Waals surface area (Å²) in [6.45, 7) is 11.6. The van der Waals surface area contributed by atoms with Gasteiger partial charge in [-0.05, 0) is 28.7 Å². The molecule has 15 heavy (non-hydrogen) atoms. The third-order valence-electron chi connectivity index (χ3n) is 2.89. The molecule has 0 saturated carbocycles. The van der Waals surface area contributed by atoms with Gasteiger partial charge in [-0.3, -0.25) is 0 Å². The lowest BCUT2D eigenvalue weighted by Crippen LogP contribution is -2.25. The predicted octanol–water partition coefficient (Wildman–Crippen LogP) is 1.37. The fourth-order valence-corrected chi connectivity index (χ4v) is 1.20. The van der Waals surface area contributed by atoms with E-state index in [1.165, 1.54) is 0 Å². The molecule has 0 bridgehead atoms. The van der Waals surface area contributed by atoms with Crippen LogP contribution in [-0.4, -0.2) is 20.2 Å². The molecule has 2 atom stereocenters. The fraction of sp³-hybridized carbons (Fsp3) is 0.900. The van der Waals surface area contributed by atoms with Crippen molar-refractivity contribution < 1.29 is 0 Å². The zero-order chi connectivity index (χ0) is 11.6. The normalized spacial score (nSPS) is 16.4. The predicted molar refractivity (Wildman–Crippen MR) is 59.0 cm³/mol. The molecule has 86 valence electrons. The summed E-state index contributed by atoms with van der Waals surface area (Å²) in [4.78, 5) is 0. The molecule has 0 aliphatic rings. The van der Waals surface area contributed by atoms with Crippen LogP contribution >= 0.6 is 0 Å². The molecule has 2 unspecified atom stereocenters. The minimum Gasteiger partial charge on any atom is -0.322 e. The van der Waals surface area contributed by atoms with Gasteiger partial charge < -0.3 is 5.73 Å². The van der Waals surface area contributed by atoms with Gasteiger partial charge in [-0.25, -0.2) is 4.68 Å². The van der Waals surface area contributed by atoms with Crippen molar-refractivity contribution in [3.63, 3.8) is 0 Å². The Bertz CT molecular complexity index is 310. The number of tetrazole rings is 1. The maximum absolute atomic E-state index is 5.78. The van der Waals surface area contributed by atoms with Crippen molar-refractivity contribution in [2.24, 2.45) is 17.1 Å². The Balaban J connectivity index is 2.77. The number of hydrogen-bond donors (Lipinski definition) is 1. The average molecular weight is 211 g/mol. The first-order valence-electron chi connectivity index (χ1n) is 5.34. The largest absolute Gasteiger partial charge is 0.322 e. The first-order valence-corrected chi connectivity index (χ1v) is 5.34. The quantitative estimate of drug-likeness (QED) is 0.820. The highest BCUT2D eigenvalue weighted by Gasteiger charge is 2.22. The Morgan fingerprint density at radius 3 is 2.40 bits per heavy atom. The number of nitrogens with two attached hydrogens (primary N) is 1. The molecule has 0 aliphatic heterocycles. The summed E-state index contributed by atoms with van der Waals surface area (Å²) in [5, 5.41) is 11.6. The Morgan fingerprint density at radius 2 is 1.93 bits per heavy atom. The highest BCUT2D eigenvalue weighted by molar-refractivity contribution is 4.88. The second kappa shape index (κ2) is 4.26. The summed E-state index contributed by atoms with van der Waals surface area (Å²) in [6.07, 6.45) is 0. The van der Waals surface area contributed by atoms with Gasteiger partial charge in [0.25, 0.3) is 0 Å². The highest BCUT2D eigenvalue weighted by atomic mass is 15.5. The van der Waals surface area contributed by atoms with Crippen LogP contribution in [0, 0.1) is 11.3 Å². The molecule has 2 N–H and O–H groups in total. The van der Waals surface area contributed by atoms with Gasteiger partial charge in [0.05, 0.1) is 6.04 Å². The molecule has 0 spiro atoms. The summed E-state index contributed by atoms with van der Waals surface area (Å²) in [6, 6.07) is -0.118. The molecule has 1 rings (SSSR count). The fourth-order valence-electron chi connectivity index (χ4n) is 1.20. The topological polar surface area (TPSA) is 69.6 Å². The monoisotopic (exact) mass is 211 g/mol. The van der Waals surface area contributed by atoms with Crippen molar-refractivity contribution >= 4 is 0 Å². The summed E-state index contributed by atoms with van der Waals surface area (Å²) < 4.78 is 1.81. The van der Waals surface area contributed by atoms with E-state index in [0.717, 1.165) is 12.4 Å². The van der Waals surface area contributed by atoms with Crippen LogP contribution in [-0.2, 0) is 6.54 Å². The number of hydrogen-bond acceptors (Lipinski definition) is 4. The van der Waals surface area contributed by atoms with Crippen LogP contribution < -0.4 is 5.73 Å². The van der Waals surface area contributed by atoms with Crippen LogP contribution in [0.3, 0.4) is 0 Å². The molecule has 0 amide bonds. The Morgan fingerprint density at radius 1 is 1.33 bits per heavy atom. The lowest BCUT2D eigenvalue weighted by atomic mass is 9.82. The smallest absolute Gasteiger partial charge is 0.167 e. The second-order valence-electron chi connectivity index (χ2n) is 5.27. The minimum atomic E-state index is -0.118. The Labute approximate surface area is 91.0 Å². The van der Waals surface area contributed by atoms with E-state index >= 15 is 0 Å². The van der Waals surface area contributed by atoms with Crippen LogP contribution in [0.4, 0.5) is 0 Å². The van der Waals surface area contributed by atoms with Crippen molar-refractivity contribution in [3.05, 3.63) is 5.82 Å². The van der Waals surface area contributed by atoms with Crippen LogP contribution in [0.15, 0.2) is 0 Å². The molecule has 1 heterocycles. The van der Waals surface area contributed by atoms with Crippen molar-refractivity contribution in [1.82, 2.24) is 20.2 Å². The van der Waals surface area contributed by atoms with Crippen molar-refractivity contribution in [3.8, 4) is 0 Å². The van der Waals surface area contributed by atoms with Crippen LogP contribution in [0.25, 0.3) is 0 Å². The average Bonchev–Trinajstić information content (AvgIpc) is 2.50. The maximum atomic E-state index is 5.78. The van der Waals surface area contributed by atoms with E-state index in [0.29, 0.717) is 5.92 Å². The van der Waals surface area contributed by atoms with Crippen molar-refractivity contribution in [1.29, 1.82) is 0 Å². The van der Waals surface area contributed by atoms with Gasteiger partial charge in [-0.1, -0.05) is 27.7 Å². The molecule has 0 fully saturated rings. The summed E-state index contributed by atoms with van der Waals surface area (Å²) in [5.74, 6) is 1.25. The van der Waals surface area contributed by atoms with Crippen LogP contribution in [0.1, 0.15) is 46.5 Å². The zero-order valence-electron chi connectivity index (χ0n) is 10.2. The molecule has 0 saturated heterocycles. The van der Waals surface area contributed by atoms with Gasteiger partial charge in [-0.2, -0.15) is 0 Å². The first-order chi connectivity index (χ1) is 6.82. The maximum Gasteiger partial charge on any atom is 0.167 e. The Hall–Kier alpha value is -0.970. The number of aromatic nitrogens is 4. The minimum absolute atomic E-state index is 0.118. The molecule has 5 heteroatoms. The van der Waals surface area contributed by atoms with E-state index in [1.54, 1.807) is 4.68 Å². The zero-order valence-corrected chi connectivity index (χ0v) is 10.2. The standard InChI is InChI=1S/C10H21N5/c1-7(10(3,4)5)6-15-9(8(2)11)12-13-14-15/h7-8H,6,11H2,1-5H3. The summed E-state index contributed by atoms with van der Waals surface area (Å²) in [7, 11) is 0. The van der Waals surface area contributed by atoms with Crippen molar-refractivity contribution in [2.75, 3.05) is 0 Å². The number of nitrogens with zero attached hydrogens (tertiary/aromatic N) is 4. The highest BCUT2D eigenvalue weighted by Crippen LogP contribution is 2.26. The van der Waals surface area contributed by atoms with E-state index < -0.39 is 0 Å². The molecule has 0 aromatic carbocycles. The SMILES string of the molecule is CC(N)c1nnnn1CC(C)C(C)(C)C. The van der Waals surface area contributed by atoms with E-state index in [-0.39, 0.29) is 11.5 Å². The van der Waals surface area contributed by atoms with E-state index in [1.807, 2.05) is 6.92 Å². The second-order valence-corrected chi connectivity index (χ2v) is 5.27. The molecule has 5 nitrogen and oxygen atoms in total.